The van der Waals surface area contributed by atoms with Gasteiger partial charge in [-0.2, -0.15) is 0 Å². The molecule has 4 atom stereocenters. The molecule has 2 saturated carbocycles. The van der Waals surface area contributed by atoms with E-state index in [4.69, 9.17) is 0 Å². The molecule has 1 aromatic carbocycles. The summed E-state index contributed by atoms with van der Waals surface area (Å²) in [6.07, 6.45) is 5.12. The van der Waals surface area contributed by atoms with Gasteiger partial charge >= 0.3 is 0 Å². The number of carbonyl (C=O) groups is 2. The molecular formula is C30H35N5O2. The maximum atomic E-state index is 13.6. The van der Waals surface area contributed by atoms with Crippen LogP contribution in [0.1, 0.15) is 46.7 Å². The normalized spacial score (nSPS) is 23.2. The van der Waals surface area contributed by atoms with Gasteiger partial charge in [-0.3, -0.25) is 19.5 Å². The van der Waals surface area contributed by atoms with Gasteiger partial charge in [0, 0.05) is 48.5 Å². The van der Waals surface area contributed by atoms with E-state index in [2.05, 4.69) is 39.1 Å². The van der Waals surface area contributed by atoms with Crippen LogP contribution in [0, 0.1) is 31.6 Å². The highest BCUT2D eigenvalue weighted by molar-refractivity contribution is 6.01. The second kappa shape index (κ2) is 9.45. The van der Waals surface area contributed by atoms with Crippen LogP contribution in [-0.4, -0.2) is 45.9 Å². The fourth-order valence-corrected chi connectivity index (χ4v) is 6.45. The molecule has 3 aliphatic rings. The first-order chi connectivity index (χ1) is 17.9. The quantitative estimate of drug-likeness (QED) is 0.529. The Hall–Kier alpha value is -3.45. The number of hydrogen-bond acceptors (Lipinski definition) is 4. The number of benzene rings is 1. The van der Waals surface area contributed by atoms with Gasteiger partial charge in [-0.05, 0) is 99.4 Å². The zero-order valence-corrected chi connectivity index (χ0v) is 21.8. The van der Waals surface area contributed by atoms with Gasteiger partial charge < -0.3 is 15.2 Å². The molecule has 3 aromatic rings. The summed E-state index contributed by atoms with van der Waals surface area (Å²) in [5, 5.41) is 6.23. The first kappa shape index (κ1) is 23.9. The number of amides is 2. The average molecular weight is 498 g/mol. The van der Waals surface area contributed by atoms with Crippen molar-refractivity contribution in [3.05, 3.63) is 71.3 Å². The smallest absolute Gasteiger partial charge is 0.268 e. The van der Waals surface area contributed by atoms with E-state index in [-0.39, 0.29) is 17.7 Å². The van der Waals surface area contributed by atoms with Crippen molar-refractivity contribution >= 4 is 17.5 Å². The second-order valence-corrected chi connectivity index (χ2v) is 11.2. The van der Waals surface area contributed by atoms with Crippen molar-refractivity contribution in [2.45, 2.75) is 52.2 Å². The minimum Gasteiger partial charge on any atom is -0.339 e. The zero-order chi connectivity index (χ0) is 25.7. The molecule has 3 heterocycles. The topological polar surface area (TPSA) is 79.3 Å². The first-order valence-corrected chi connectivity index (χ1v) is 13.4. The van der Waals surface area contributed by atoms with Crippen LogP contribution in [0.5, 0.6) is 0 Å². The molecule has 2 aromatic heterocycles. The standard InChI is InChI=1S/C30H35N5O2/c1-18-10-11-31-19(2)27(18)20-4-6-24(7-5-20)32-30(37)28(23-15-21-14-22(21)16-23)33-29(36)26-9-8-25-17-34(3)12-13-35(25)26/h4-11,21-23,28H,12-17H2,1-3H3,(H,32,37)(H,33,36)/t21-,22+,23?,28-/m0/s1. The minimum absolute atomic E-state index is 0.133. The van der Waals surface area contributed by atoms with E-state index < -0.39 is 6.04 Å². The van der Waals surface area contributed by atoms with Crippen molar-refractivity contribution in [2.24, 2.45) is 17.8 Å². The van der Waals surface area contributed by atoms with Gasteiger partial charge in [-0.15, -0.1) is 0 Å². The van der Waals surface area contributed by atoms with Crippen molar-refractivity contribution in [3.8, 4) is 11.1 Å². The molecule has 2 fully saturated rings. The minimum atomic E-state index is -0.541. The number of likely N-dealkylation sites (N-methyl/N-ethyl adjacent to an activating group) is 1. The number of aryl methyl sites for hydroxylation is 2. The molecule has 2 N–H and O–H groups in total. The zero-order valence-electron chi connectivity index (χ0n) is 21.8. The SMILES string of the molecule is Cc1ccnc(C)c1-c1ccc(NC(=O)[C@@H](NC(=O)c2ccc3n2CCN(C)C3)C2C[C@@H]3C[C@@H]3C2)cc1. The van der Waals surface area contributed by atoms with E-state index in [0.29, 0.717) is 5.69 Å². The Labute approximate surface area is 218 Å². The van der Waals surface area contributed by atoms with E-state index in [1.54, 1.807) is 0 Å². The molecule has 37 heavy (non-hydrogen) atoms. The molecule has 2 amide bonds. The lowest BCUT2D eigenvalue weighted by atomic mass is 9.93. The van der Waals surface area contributed by atoms with Crippen LogP contribution in [0.4, 0.5) is 5.69 Å². The Morgan fingerprint density at radius 3 is 2.46 bits per heavy atom. The van der Waals surface area contributed by atoms with E-state index in [1.807, 2.05) is 55.6 Å². The summed E-state index contributed by atoms with van der Waals surface area (Å²) in [5.74, 6) is 1.33. The molecule has 7 nitrogen and oxygen atoms in total. The summed E-state index contributed by atoms with van der Waals surface area (Å²) in [6, 6.07) is 13.3. The van der Waals surface area contributed by atoms with Crippen LogP contribution in [-0.2, 0) is 17.9 Å². The number of aromatic nitrogens is 2. The lowest BCUT2D eigenvalue weighted by Gasteiger charge is -2.28. The molecule has 192 valence electrons. The third kappa shape index (κ3) is 4.68. The van der Waals surface area contributed by atoms with Crippen LogP contribution >= 0.6 is 0 Å². The number of hydrogen-bond donors (Lipinski definition) is 2. The van der Waals surface area contributed by atoms with E-state index in [1.165, 1.54) is 12.0 Å². The highest BCUT2D eigenvalue weighted by atomic mass is 16.2. The van der Waals surface area contributed by atoms with Gasteiger partial charge in [-0.1, -0.05) is 12.1 Å². The monoisotopic (exact) mass is 497 g/mol. The Bertz CT molecular complexity index is 1310. The summed E-state index contributed by atoms with van der Waals surface area (Å²) >= 11 is 0. The van der Waals surface area contributed by atoms with E-state index in [9.17, 15) is 9.59 Å². The Morgan fingerprint density at radius 2 is 1.73 bits per heavy atom. The molecule has 7 heteroatoms. The highest BCUT2D eigenvalue weighted by Gasteiger charge is 2.49. The molecule has 2 aliphatic carbocycles. The van der Waals surface area contributed by atoms with Crippen molar-refractivity contribution in [1.29, 1.82) is 0 Å². The van der Waals surface area contributed by atoms with Crippen molar-refractivity contribution in [3.63, 3.8) is 0 Å². The molecule has 6 rings (SSSR count). The Morgan fingerprint density at radius 1 is 0.973 bits per heavy atom. The van der Waals surface area contributed by atoms with Crippen molar-refractivity contribution in [2.75, 3.05) is 18.9 Å². The summed E-state index contributed by atoms with van der Waals surface area (Å²) in [7, 11) is 2.09. The molecule has 0 bridgehead atoms. The number of fused-ring (bicyclic) bond motifs is 2. The summed E-state index contributed by atoms with van der Waals surface area (Å²) in [5.41, 5.74) is 6.88. The lowest BCUT2D eigenvalue weighted by Crippen LogP contribution is -2.49. The third-order valence-electron chi connectivity index (χ3n) is 8.55. The number of carbonyl (C=O) groups excluding carboxylic acids is 2. The molecule has 1 unspecified atom stereocenters. The summed E-state index contributed by atoms with van der Waals surface area (Å²) in [6.45, 7) is 6.62. The molecule has 0 saturated heterocycles. The van der Waals surface area contributed by atoms with Gasteiger partial charge in [0.15, 0.2) is 0 Å². The van der Waals surface area contributed by atoms with Gasteiger partial charge in [0.05, 0.1) is 0 Å². The molecule has 1 aliphatic heterocycles. The van der Waals surface area contributed by atoms with Gasteiger partial charge in [-0.25, -0.2) is 0 Å². The second-order valence-electron chi connectivity index (χ2n) is 11.2. The highest BCUT2D eigenvalue weighted by Crippen LogP contribution is 2.55. The summed E-state index contributed by atoms with van der Waals surface area (Å²) in [4.78, 5) is 33.7. The van der Waals surface area contributed by atoms with E-state index >= 15 is 0 Å². The number of nitrogens with one attached hydrogen (secondary N) is 2. The van der Waals surface area contributed by atoms with Crippen LogP contribution < -0.4 is 10.6 Å². The van der Waals surface area contributed by atoms with Gasteiger partial charge in [0.2, 0.25) is 5.91 Å². The maximum Gasteiger partial charge on any atom is 0.268 e. The Kier molecular flexibility index (Phi) is 6.11. The number of rotatable bonds is 6. The van der Waals surface area contributed by atoms with Crippen molar-refractivity contribution < 1.29 is 9.59 Å². The number of pyridine rings is 1. The van der Waals surface area contributed by atoms with Crippen LogP contribution in [0.25, 0.3) is 11.1 Å². The predicted octanol–water partition coefficient (Wildman–Crippen LogP) is 4.40. The fourth-order valence-electron chi connectivity index (χ4n) is 6.45. The van der Waals surface area contributed by atoms with Crippen molar-refractivity contribution in [1.82, 2.24) is 19.8 Å². The maximum absolute atomic E-state index is 13.6. The summed E-state index contributed by atoms with van der Waals surface area (Å²) < 4.78 is 2.09. The van der Waals surface area contributed by atoms with Gasteiger partial charge in [0.25, 0.3) is 5.91 Å². The predicted molar refractivity (Wildman–Crippen MR) is 144 cm³/mol. The molecule has 0 spiro atoms. The van der Waals surface area contributed by atoms with Gasteiger partial charge in [0.1, 0.15) is 11.7 Å². The largest absolute Gasteiger partial charge is 0.339 e. The van der Waals surface area contributed by atoms with Crippen LogP contribution in [0.3, 0.4) is 0 Å². The van der Waals surface area contributed by atoms with Crippen LogP contribution in [0.15, 0.2) is 48.7 Å². The lowest BCUT2D eigenvalue weighted by molar-refractivity contribution is -0.119. The van der Waals surface area contributed by atoms with E-state index in [0.717, 1.165) is 72.5 Å². The Balaban J connectivity index is 1.19. The first-order valence-electron chi connectivity index (χ1n) is 13.4. The molecule has 0 radical (unpaired) electrons. The molecular weight excluding hydrogens is 462 g/mol. The number of anilines is 1. The van der Waals surface area contributed by atoms with Crippen LogP contribution in [0.2, 0.25) is 0 Å². The number of nitrogens with zero attached hydrogens (tertiary/aromatic N) is 3. The third-order valence-corrected chi connectivity index (χ3v) is 8.55. The fraction of sp³-hybridized carbons (Fsp3) is 0.433. The average Bonchev–Trinajstić information content (AvgIpc) is 3.27.